The maximum absolute atomic E-state index is 11.9. The highest BCUT2D eigenvalue weighted by Crippen LogP contribution is 2.19. The maximum Gasteiger partial charge on any atom is 0.341 e. The molecule has 2 atom stereocenters. The van der Waals surface area contributed by atoms with Gasteiger partial charge in [0.1, 0.15) is 5.56 Å². The number of aryl methyl sites for hydroxylation is 1. The smallest absolute Gasteiger partial charge is 0.341 e. The Balaban J connectivity index is 2.02. The molecule has 0 aromatic carbocycles. The summed E-state index contributed by atoms with van der Waals surface area (Å²) in [6.45, 7) is 2.64. The zero-order valence-corrected chi connectivity index (χ0v) is 12.8. The fraction of sp³-hybridized carbons (Fsp3) is 0.733. The Kier molecular flexibility index (Phi) is 5.76. The fourth-order valence-electron chi connectivity index (χ4n) is 2.81. The van der Waals surface area contributed by atoms with Crippen LogP contribution in [0.25, 0.3) is 0 Å². The quantitative estimate of drug-likeness (QED) is 0.634. The minimum atomic E-state index is -0.344. The van der Waals surface area contributed by atoms with E-state index in [1.165, 1.54) is 6.42 Å². The van der Waals surface area contributed by atoms with Gasteiger partial charge in [0.05, 0.1) is 24.6 Å². The van der Waals surface area contributed by atoms with Gasteiger partial charge in [-0.05, 0) is 19.8 Å². The molecule has 0 bridgehead atoms. The number of aliphatic hydroxyl groups excluding tert-OH is 1. The predicted molar refractivity (Wildman–Crippen MR) is 78.9 cm³/mol. The Morgan fingerprint density at radius 3 is 3.00 bits per heavy atom. The van der Waals surface area contributed by atoms with E-state index in [0.717, 1.165) is 31.4 Å². The third-order valence-corrected chi connectivity index (χ3v) is 4.07. The van der Waals surface area contributed by atoms with Crippen molar-refractivity contribution in [2.24, 2.45) is 7.05 Å². The number of esters is 1. The number of nitrogens with one attached hydrogen (secondary N) is 1. The van der Waals surface area contributed by atoms with Crippen molar-refractivity contribution in [1.29, 1.82) is 0 Å². The molecule has 0 saturated heterocycles. The molecule has 118 valence electrons. The van der Waals surface area contributed by atoms with Crippen LogP contribution >= 0.6 is 0 Å². The Morgan fingerprint density at radius 2 is 2.24 bits per heavy atom. The van der Waals surface area contributed by atoms with Crippen LogP contribution in [0.3, 0.4) is 0 Å². The molecular formula is C15H25N3O3. The number of rotatable bonds is 5. The summed E-state index contributed by atoms with van der Waals surface area (Å²) in [5, 5.41) is 17.6. The molecule has 1 aliphatic carbocycles. The number of aliphatic hydroxyl groups is 1. The number of carbonyl (C=O) groups is 1. The normalized spacial score (nSPS) is 22.8. The Bertz CT molecular complexity index is 473. The van der Waals surface area contributed by atoms with Gasteiger partial charge in [-0.2, -0.15) is 5.10 Å². The second-order valence-electron chi connectivity index (χ2n) is 5.54. The maximum atomic E-state index is 11.9. The highest BCUT2D eigenvalue weighted by molar-refractivity contribution is 5.90. The van der Waals surface area contributed by atoms with Gasteiger partial charge in [-0.1, -0.05) is 19.3 Å². The average molecular weight is 295 g/mol. The van der Waals surface area contributed by atoms with E-state index in [-0.39, 0.29) is 18.1 Å². The number of aromatic nitrogens is 2. The molecule has 1 aromatic rings. The van der Waals surface area contributed by atoms with Crippen molar-refractivity contribution in [2.75, 3.05) is 6.61 Å². The van der Waals surface area contributed by atoms with Crippen LogP contribution in [0.15, 0.2) is 6.20 Å². The molecule has 1 fully saturated rings. The van der Waals surface area contributed by atoms with Crippen molar-refractivity contribution in [2.45, 2.75) is 57.7 Å². The van der Waals surface area contributed by atoms with Gasteiger partial charge < -0.3 is 15.2 Å². The molecule has 6 heteroatoms. The number of hydrogen-bond acceptors (Lipinski definition) is 5. The van der Waals surface area contributed by atoms with Crippen LogP contribution < -0.4 is 5.32 Å². The first-order valence-electron chi connectivity index (χ1n) is 7.73. The topological polar surface area (TPSA) is 76.4 Å². The van der Waals surface area contributed by atoms with Crippen LogP contribution in [-0.4, -0.2) is 39.6 Å². The first-order chi connectivity index (χ1) is 10.1. The van der Waals surface area contributed by atoms with Gasteiger partial charge in [0.2, 0.25) is 0 Å². The minimum Gasteiger partial charge on any atom is -0.462 e. The van der Waals surface area contributed by atoms with E-state index in [2.05, 4.69) is 10.4 Å². The second kappa shape index (κ2) is 7.56. The number of hydrogen-bond donors (Lipinski definition) is 2. The summed E-state index contributed by atoms with van der Waals surface area (Å²) in [6.07, 6.45) is 6.42. The highest BCUT2D eigenvalue weighted by atomic mass is 16.5. The van der Waals surface area contributed by atoms with E-state index < -0.39 is 0 Å². The molecule has 0 radical (unpaired) electrons. The van der Waals surface area contributed by atoms with Gasteiger partial charge in [-0.3, -0.25) is 4.68 Å². The van der Waals surface area contributed by atoms with E-state index in [9.17, 15) is 9.90 Å². The standard InChI is InChI=1S/C15H25N3O3/c1-3-21-15(20)11-9-17-18(2)13(11)10-16-12-7-5-4-6-8-14(12)19/h9,12,14,16,19H,3-8,10H2,1-2H3. The van der Waals surface area contributed by atoms with Crippen molar-refractivity contribution in [1.82, 2.24) is 15.1 Å². The van der Waals surface area contributed by atoms with E-state index in [4.69, 9.17) is 4.74 Å². The molecule has 0 aliphatic heterocycles. The summed E-state index contributed by atoms with van der Waals surface area (Å²) < 4.78 is 6.73. The summed E-state index contributed by atoms with van der Waals surface area (Å²) in [5.41, 5.74) is 1.29. The number of ether oxygens (including phenoxy) is 1. The Labute approximate surface area is 125 Å². The average Bonchev–Trinajstić information content (AvgIpc) is 2.70. The molecular weight excluding hydrogens is 270 g/mol. The van der Waals surface area contributed by atoms with E-state index >= 15 is 0 Å². The van der Waals surface area contributed by atoms with Crippen LogP contribution in [0.5, 0.6) is 0 Å². The SMILES string of the molecule is CCOC(=O)c1cnn(C)c1CNC1CCCCCC1O. The van der Waals surface area contributed by atoms with Crippen molar-refractivity contribution in [3.63, 3.8) is 0 Å². The van der Waals surface area contributed by atoms with Crippen molar-refractivity contribution in [3.05, 3.63) is 17.5 Å². The molecule has 0 spiro atoms. The van der Waals surface area contributed by atoms with Crippen LogP contribution in [0.4, 0.5) is 0 Å². The minimum absolute atomic E-state index is 0.0810. The molecule has 0 amide bonds. The lowest BCUT2D eigenvalue weighted by Gasteiger charge is -2.22. The largest absolute Gasteiger partial charge is 0.462 e. The van der Waals surface area contributed by atoms with Crippen LogP contribution in [-0.2, 0) is 18.3 Å². The van der Waals surface area contributed by atoms with Crippen molar-refractivity contribution >= 4 is 5.97 Å². The van der Waals surface area contributed by atoms with E-state index in [0.29, 0.717) is 18.7 Å². The van der Waals surface area contributed by atoms with Gasteiger partial charge in [0, 0.05) is 19.6 Å². The summed E-state index contributed by atoms with van der Waals surface area (Å²) in [5.74, 6) is -0.344. The summed E-state index contributed by atoms with van der Waals surface area (Å²) in [4.78, 5) is 11.9. The van der Waals surface area contributed by atoms with Crippen LogP contribution in [0, 0.1) is 0 Å². The molecule has 21 heavy (non-hydrogen) atoms. The Hall–Kier alpha value is -1.40. The van der Waals surface area contributed by atoms with Gasteiger partial charge in [0.25, 0.3) is 0 Å². The lowest BCUT2D eigenvalue weighted by Crippen LogP contribution is -2.39. The first kappa shape index (κ1) is 16.0. The lowest BCUT2D eigenvalue weighted by atomic mass is 10.1. The molecule has 1 heterocycles. The monoisotopic (exact) mass is 295 g/mol. The summed E-state index contributed by atoms with van der Waals surface area (Å²) >= 11 is 0. The van der Waals surface area contributed by atoms with Gasteiger partial charge in [-0.15, -0.1) is 0 Å². The number of carbonyl (C=O) groups excluding carboxylic acids is 1. The molecule has 2 N–H and O–H groups in total. The molecule has 2 unspecified atom stereocenters. The summed E-state index contributed by atoms with van der Waals surface area (Å²) in [6, 6.07) is 0.0810. The van der Waals surface area contributed by atoms with Gasteiger partial charge in [-0.25, -0.2) is 4.79 Å². The molecule has 1 saturated carbocycles. The predicted octanol–water partition coefficient (Wildman–Crippen LogP) is 1.38. The fourth-order valence-corrected chi connectivity index (χ4v) is 2.81. The van der Waals surface area contributed by atoms with Gasteiger partial charge in [0.15, 0.2) is 0 Å². The first-order valence-corrected chi connectivity index (χ1v) is 7.73. The van der Waals surface area contributed by atoms with Crippen molar-refractivity contribution in [3.8, 4) is 0 Å². The van der Waals surface area contributed by atoms with Crippen LogP contribution in [0.1, 0.15) is 55.1 Å². The third kappa shape index (κ3) is 4.04. The number of nitrogens with zero attached hydrogens (tertiary/aromatic N) is 2. The molecule has 1 aliphatic rings. The molecule has 2 rings (SSSR count). The van der Waals surface area contributed by atoms with Crippen LogP contribution in [0.2, 0.25) is 0 Å². The summed E-state index contributed by atoms with van der Waals surface area (Å²) in [7, 11) is 1.81. The molecule has 6 nitrogen and oxygen atoms in total. The zero-order chi connectivity index (χ0) is 15.2. The lowest BCUT2D eigenvalue weighted by molar-refractivity contribution is 0.0524. The highest BCUT2D eigenvalue weighted by Gasteiger charge is 2.23. The second-order valence-corrected chi connectivity index (χ2v) is 5.54. The van der Waals surface area contributed by atoms with E-state index in [1.807, 2.05) is 7.05 Å². The Morgan fingerprint density at radius 1 is 1.48 bits per heavy atom. The zero-order valence-electron chi connectivity index (χ0n) is 12.8. The van der Waals surface area contributed by atoms with E-state index in [1.54, 1.807) is 17.8 Å². The molecule has 1 aromatic heterocycles. The van der Waals surface area contributed by atoms with Crippen molar-refractivity contribution < 1.29 is 14.6 Å². The van der Waals surface area contributed by atoms with Gasteiger partial charge >= 0.3 is 5.97 Å². The third-order valence-electron chi connectivity index (χ3n) is 4.07.